The van der Waals surface area contributed by atoms with Gasteiger partial charge in [-0.25, -0.2) is 0 Å². The number of rotatable bonds is 20. The molecule has 0 saturated heterocycles. The van der Waals surface area contributed by atoms with Crippen molar-refractivity contribution in [1.29, 1.82) is 21.6 Å². The average Bonchev–Trinajstić information content (AvgIpc) is 2.85. The molecule has 17 nitrogen and oxygen atoms in total. The van der Waals surface area contributed by atoms with Crippen LogP contribution in [0.2, 0.25) is 0 Å². The van der Waals surface area contributed by atoms with Crippen molar-refractivity contribution in [3.8, 4) is 0 Å². The Kier molecular flexibility index (Phi) is 18.5. The highest BCUT2D eigenvalue weighted by Crippen LogP contribution is 2.12. The van der Waals surface area contributed by atoms with Crippen LogP contribution in [0, 0.1) is 21.6 Å². The van der Waals surface area contributed by atoms with Crippen LogP contribution in [0.5, 0.6) is 0 Å². The second kappa shape index (κ2) is 19.9. The van der Waals surface area contributed by atoms with Crippen LogP contribution in [0.4, 0.5) is 0 Å². The van der Waals surface area contributed by atoms with Crippen LogP contribution in [0.25, 0.3) is 0 Å². The number of ether oxygens (including phenoxy) is 4. The Morgan fingerprint density at radius 1 is 0.559 bits per heavy atom. The van der Waals surface area contributed by atoms with E-state index >= 15 is 0 Å². The Hall–Kier alpha value is -2.48. The van der Waals surface area contributed by atoms with Crippen molar-refractivity contribution in [1.82, 2.24) is 21.9 Å². The fourth-order valence-corrected chi connectivity index (χ4v) is 2.33. The van der Waals surface area contributed by atoms with E-state index in [2.05, 4.69) is 0 Å². The molecular formula is C17H36N8O9. The molecule has 0 aliphatic heterocycles. The summed E-state index contributed by atoms with van der Waals surface area (Å²) in [4.78, 5) is 0. The molecule has 0 heterocycles. The van der Waals surface area contributed by atoms with Gasteiger partial charge in [-0.1, -0.05) is 0 Å². The summed E-state index contributed by atoms with van der Waals surface area (Å²) in [6.45, 7) is -0.344. The Morgan fingerprint density at radius 3 is 1.15 bits per heavy atom. The largest absolute Gasteiger partial charge is 0.388 e. The Morgan fingerprint density at radius 2 is 0.853 bits per heavy atom. The van der Waals surface area contributed by atoms with E-state index in [0.29, 0.717) is 0 Å². The van der Waals surface area contributed by atoms with Gasteiger partial charge in [0.05, 0.1) is 39.6 Å². The van der Waals surface area contributed by atoms with Crippen LogP contribution < -0.4 is 21.9 Å². The highest BCUT2D eigenvalue weighted by Gasteiger charge is 2.30. The van der Waals surface area contributed by atoms with E-state index in [0.717, 1.165) is 0 Å². The van der Waals surface area contributed by atoms with Gasteiger partial charge in [0, 0.05) is 25.7 Å². The Balaban J connectivity index is 5.10. The van der Waals surface area contributed by atoms with Crippen LogP contribution >= 0.6 is 0 Å². The monoisotopic (exact) mass is 496 g/mol. The maximum Gasteiger partial charge on any atom is 0.120 e. The molecule has 0 aliphatic rings. The lowest BCUT2D eigenvalue weighted by atomic mass is 10.1. The molecule has 198 valence electrons. The number of nitrogens with one attached hydrogen (secondary N) is 8. The summed E-state index contributed by atoms with van der Waals surface area (Å²) in [5.74, 6) is -0.749. The number of aliphatic hydroxyl groups is 1. The number of hydroxylamine groups is 4. The van der Waals surface area contributed by atoms with Crippen molar-refractivity contribution in [3.63, 3.8) is 0 Å². The fraction of sp³-hybridized carbons (Fsp3) is 0.765. The molecule has 2 unspecified atom stereocenters. The first-order valence-corrected chi connectivity index (χ1v) is 10.3. The third kappa shape index (κ3) is 15.4. The van der Waals surface area contributed by atoms with Crippen LogP contribution in [-0.4, -0.2) is 107 Å². The average molecular weight is 497 g/mol. The molecule has 0 spiro atoms. The van der Waals surface area contributed by atoms with E-state index in [1.165, 1.54) is 0 Å². The molecule has 0 aromatic heterocycles. The molecular weight excluding hydrogens is 460 g/mol. The third-order valence-corrected chi connectivity index (χ3v) is 4.23. The minimum atomic E-state index is -1.32. The van der Waals surface area contributed by atoms with Gasteiger partial charge in [0.15, 0.2) is 0 Å². The molecule has 0 bridgehead atoms. The lowest BCUT2D eigenvalue weighted by Crippen LogP contribution is -2.46. The van der Waals surface area contributed by atoms with E-state index < -0.39 is 18.3 Å². The van der Waals surface area contributed by atoms with Crippen molar-refractivity contribution < 1.29 is 44.9 Å². The van der Waals surface area contributed by atoms with Gasteiger partial charge in [-0.2, -0.15) is 0 Å². The first kappa shape index (κ1) is 31.5. The third-order valence-electron chi connectivity index (χ3n) is 4.23. The van der Waals surface area contributed by atoms with Gasteiger partial charge < -0.3 is 24.1 Å². The fourth-order valence-electron chi connectivity index (χ4n) is 2.33. The molecule has 0 saturated carbocycles. The molecule has 0 aromatic carbocycles. The first-order chi connectivity index (χ1) is 16.3. The SMILES string of the molecule is N=C(CCOCC(OCCC(=N)NO)C(O)C(COCCC(=N)NO)OCCC(=N)NO)NO. The maximum atomic E-state index is 10.9. The van der Waals surface area contributed by atoms with Gasteiger partial charge in [0.2, 0.25) is 0 Å². The number of hydrogen-bond acceptors (Lipinski definition) is 13. The van der Waals surface area contributed by atoms with Gasteiger partial charge in [-0.3, -0.25) is 64.4 Å². The minimum Gasteiger partial charge on any atom is -0.388 e. The molecule has 0 fully saturated rings. The second-order valence-corrected chi connectivity index (χ2v) is 6.82. The van der Waals surface area contributed by atoms with Crippen molar-refractivity contribution >= 4 is 23.3 Å². The van der Waals surface area contributed by atoms with E-state index in [4.69, 9.17) is 61.4 Å². The summed E-state index contributed by atoms with van der Waals surface area (Å²) >= 11 is 0. The zero-order valence-electron chi connectivity index (χ0n) is 18.7. The summed E-state index contributed by atoms with van der Waals surface area (Å²) in [5.41, 5.74) is 6.72. The smallest absolute Gasteiger partial charge is 0.120 e. The van der Waals surface area contributed by atoms with Crippen molar-refractivity contribution in [2.75, 3.05) is 39.6 Å². The predicted molar refractivity (Wildman–Crippen MR) is 116 cm³/mol. The summed E-state index contributed by atoms with van der Waals surface area (Å²) in [6.07, 6.45) is -3.12. The summed E-state index contributed by atoms with van der Waals surface area (Å²) in [6, 6.07) is 0. The minimum absolute atomic E-state index is 0.0103. The van der Waals surface area contributed by atoms with Crippen LogP contribution in [-0.2, 0) is 18.9 Å². The summed E-state index contributed by atoms with van der Waals surface area (Å²) in [7, 11) is 0. The Labute approximate surface area is 196 Å². The highest BCUT2D eigenvalue weighted by atomic mass is 16.6. The van der Waals surface area contributed by atoms with Crippen LogP contribution in [0.1, 0.15) is 25.7 Å². The molecule has 2 atom stereocenters. The van der Waals surface area contributed by atoms with E-state index in [9.17, 15) is 5.11 Å². The predicted octanol–water partition coefficient (Wildman–Crippen LogP) is -1.46. The van der Waals surface area contributed by atoms with Crippen LogP contribution in [0.15, 0.2) is 0 Å². The molecule has 0 radical (unpaired) electrons. The normalized spacial score (nSPS) is 13.4. The zero-order valence-corrected chi connectivity index (χ0v) is 18.7. The second-order valence-electron chi connectivity index (χ2n) is 6.82. The van der Waals surface area contributed by atoms with Crippen molar-refractivity contribution in [2.24, 2.45) is 0 Å². The van der Waals surface area contributed by atoms with E-state index in [-0.39, 0.29) is 88.7 Å². The lowest BCUT2D eigenvalue weighted by molar-refractivity contribution is -0.146. The molecule has 0 aromatic rings. The standard InChI is InChI=1S/C17H36N8O9/c18-13(22-27)1-5-31-9-11(33-7-3-15(20)24-29)17(26)12(34-8-4-16(21)25-30)10-32-6-2-14(19)23-28/h11-12,17,26-30H,1-10H2,(H2,18,22)(H2,19,23)(H2,20,24)(H2,21,25). The molecule has 13 N–H and O–H groups in total. The molecule has 34 heavy (non-hydrogen) atoms. The zero-order chi connectivity index (χ0) is 25.8. The van der Waals surface area contributed by atoms with E-state index in [1.54, 1.807) is 21.9 Å². The number of amidine groups is 4. The highest BCUT2D eigenvalue weighted by molar-refractivity contribution is 5.78. The molecule has 0 rings (SSSR count). The first-order valence-electron chi connectivity index (χ1n) is 10.3. The van der Waals surface area contributed by atoms with Gasteiger partial charge in [0.1, 0.15) is 41.7 Å². The van der Waals surface area contributed by atoms with Gasteiger partial charge in [0.25, 0.3) is 0 Å². The number of aliphatic hydroxyl groups excluding tert-OH is 1. The van der Waals surface area contributed by atoms with E-state index in [1.807, 2.05) is 0 Å². The summed E-state index contributed by atoms with van der Waals surface area (Å²) < 4.78 is 22.1. The molecule has 0 aliphatic carbocycles. The maximum absolute atomic E-state index is 10.9. The van der Waals surface area contributed by atoms with Gasteiger partial charge >= 0.3 is 0 Å². The van der Waals surface area contributed by atoms with Gasteiger partial charge in [-0.15, -0.1) is 0 Å². The molecule has 17 heteroatoms. The topological polar surface area (TPSA) is 282 Å². The Bertz CT molecular complexity index is 564. The quantitative estimate of drug-likeness (QED) is 0.0397. The molecule has 0 amide bonds. The van der Waals surface area contributed by atoms with Crippen molar-refractivity contribution in [3.05, 3.63) is 0 Å². The number of hydrogen-bond donors (Lipinski definition) is 13. The summed E-state index contributed by atoms with van der Waals surface area (Å²) in [5, 5.41) is 75.1. The van der Waals surface area contributed by atoms with Crippen LogP contribution in [0.3, 0.4) is 0 Å². The van der Waals surface area contributed by atoms with Gasteiger partial charge in [-0.05, 0) is 0 Å². The lowest BCUT2D eigenvalue weighted by Gasteiger charge is -2.30. The van der Waals surface area contributed by atoms with Crippen molar-refractivity contribution in [2.45, 2.75) is 44.0 Å².